The molecule has 2 aromatic rings. The van der Waals surface area contributed by atoms with Crippen molar-refractivity contribution < 1.29 is 13.8 Å². The van der Waals surface area contributed by atoms with Crippen LogP contribution in [-0.4, -0.2) is 35.5 Å². The van der Waals surface area contributed by atoms with Gasteiger partial charge in [0.15, 0.2) is 0 Å². The van der Waals surface area contributed by atoms with Gasteiger partial charge in [-0.05, 0) is 42.0 Å². The van der Waals surface area contributed by atoms with Gasteiger partial charge in [-0.1, -0.05) is 12.1 Å². The number of nitrogens with zero attached hydrogens (tertiary/aromatic N) is 1. The lowest BCUT2D eigenvalue weighted by Crippen LogP contribution is -2.27. The van der Waals surface area contributed by atoms with Gasteiger partial charge in [0, 0.05) is 52.8 Å². The maximum Gasteiger partial charge on any atom is 0.321 e. The summed E-state index contributed by atoms with van der Waals surface area (Å²) >= 11 is 0. The van der Waals surface area contributed by atoms with E-state index in [2.05, 4.69) is 10.6 Å². The van der Waals surface area contributed by atoms with Gasteiger partial charge in [-0.25, -0.2) is 4.79 Å². The molecule has 0 saturated carbocycles. The van der Waals surface area contributed by atoms with E-state index < -0.39 is 10.8 Å². The SMILES string of the molecule is CS(=O)Cc1cccc(C(=O)Nc2ccc(N3CCNC3=O)cc2)c1. The van der Waals surface area contributed by atoms with Gasteiger partial charge in [-0.2, -0.15) is 0 Å². The standard InChI is InChI=1S/C18H19N3O3S/c1-25(24)12-13-3-2-4-14(11-13)17(22)20-15-5-7-16(8-6-15)21-10-9-19-18(21)23/h2-8,11H,9-10,12H2,1H3,(H,19,23)(H,20,22). The van der Waals surface area contributed by atoms with Gasteiger partial charge in [0.25, 0.3) is 5.91 Å². The van der Waals surface area contributed by atoms with Crippen molar-refractivity contribution in [3.63, 3.8) is 0 Å². The van der Waals surface area contributed by atoms with Crippen molar-refractivity contribution in [1.82, 2.24) is 5.32 Å². The first-order chi connectivity index (χ1) is 12.0. The summed E-state index contributed by atoms with van der Waals surface area (Å²) in [6, 6.07) is 14.1. The molecule has 0 aromatic heterocycles. The molecule has 130 valence electrons. The summed E-state index contributed by atoms with van der Waals surface area (Å²) in [5, 5.41) is 5.58. The Morgan fingerprint density at radius 2 is 2.00 bits per heavy atom. The summed E-state index contributed by atoms with van der Waals surface area (Å²) in [7, 11) is -0.952. The van der Waals surface area contributed by atoms with Crippen molar-refractivity contribution in [1.29, 1.82) is 0 Å². The second-order valence-electron chi connectivity index (χ2n) is 5.80. The molecule has 2 N–H and O–H groups in total. The van der Waals surface area contributed by atoms with Crippen LogP contribution in [-0.2, 0) is 16.6 Å². The van der Waals surface area contributed by atoms with Gasteiger partial charge in [-0.15, -0.1) is 0 Å². The number of carbonyl (C=O) groups is 2. The van der Waals surface area contributed by atoms with Crippen LogP contribution in [0.1, 0.15) is 15.9 Å². The molecule has 0 radical (unpaired) electrons. The van der Waals surface area contributed by atoms with E-state index in [1.807, 2.05) is 6.07 Å². The molecule has 0 spiro atoms. The van der Waals surface area contributed by atoms with Crippen LogP contribution in [0.15, 0.2) is 48.5 Å². The van der Waals surface area contributed by atoms with E-state index in [1.54, 1.807) is 53.6 Å². The van der Waals surface area contributed by atoms with Gasteiger partial charge in [-0.3, -0.25) is 13.9 Å². The lowest BCUT2D eigenvalue weighted by atomic mass is 10.1. The Labute approximate surface area is 148 Å². The molecule has 3 amide bonds. The highest BCUT2D eigenvalue weighted by Crippen LogP contribution is 2.20. The first-order valence-electron chi connectivity index (χ1n) is 7.89. The predicted molar refractivity (Wildman–Crippen MR) is 99.4 cm³/mol. The lowest BCUT2D eigenvalue weighted by Gasteiger charge is -2.14. The molecule has 6 nitrogen and oxygen atoms in total. The van der Waals surface area contributed by atoms with E-state index in [1.165, 1.54) is 0 Å². The van der Waals surface area contributed by atoms with E-state index in [9.17, 15) is 13.8 Å². The topological polar surface area (TPSA) is 78.5 Å². The summed E-state index contributed by atoms with van der Waals surface area (Å²) in [6.45, 7) is 1.27. The third kappa shape index (κ3) is 4.24. The van der Waals surface area contributed by atoms with E-state index in [0.717, 1.165) is 11.3 Å². The molecular weight excluding hydrogens is 338 g/mol. The fraction of sp³-hybridized carbons (Fsp3) is 0.222. The van der Waals surface area contributed by atoms with Crippen LogP contribution in [0.4, 0.5) is 16.2 Å². The third-order valence-electron chi connectivity index (χ3n) is 3.85. The van der Waals surface area contributed by atoms with Crippen molar-refractivity contribution in [3.05, 3.63) is 59.7 Å². The largest absolute Gasteiger partial charge is 0.336 e. The minimum absolute atomic E-state index is 0.109. The molecule has 3 rings (SSSR count). The molecule has 1 aliphatic heterocycles. The smallest absolute Gasteiger partial charge is 0.321 e. The zero-order valence-electron chi connectivity index (χ0n) is 13.8. The molecule has 0 aliphatic carbocycles. The van der Waals surface area contributed by atoms with Gasteiger partial charge in [0.05, 0.1) is 0 Å². The Balaban J connectivity index is 1.68. The highest BCUT2D eigenvalue weighted by molar-refractivity contribution is 7.83. The summed E-state index contributed by atoms with van der Waals surface area (Å²) < 4.78 is 11.3. The quantitative estimate of drug-likeness (QED) is 0.862. The second kappa shape index (κ2) is 7.48. The van der Waals surface area contributed by atoms with Gasteiger partial charge < -0.3 is 10.6 Å². The molecule has 1 atom stereocenters. The van der Waals surface area contributed by atoms with Gasteiger partial charge in [0.2, 0.25) is 0 Å². The number of rotatable bonds is 5. The van der Waals surface area contributed by atoms with Crippen molar-refractivity contribution >= 4 is 34.1 Å². The van der Waals surface area contributed by atoms with Gasteiger partial charge in [0.1, 0.15) is 0 Å². The molecule has 1 heterocycles. The van der Waals surface area contributed by atoms with Crippen molar-refractivity contribution in [3.8, 4) is 0 Å². The maximum absolute atomic E-state index is 12.4. The number of carbonyl (C=O) groups excluding carboxylic acids is 2. The number of hydrogen-bond acceptors (Lipinski definition) is 3. The van der Waals surface area contributed by atoms with Crippen LogP contribution in [0.3, 0.4) is 0 Å². The Bertz CT molecular complexity index is 821. The molecular formula is C18H19N3O3S. The second-order valence-corrected chi connectivity index (χ2v) is 7.24. The Hall–Kier alpha value is -2.67. The van der Waals surface area contributed by atoms with Crippen molar-refractivity contribution in [2.45, 2.75) is 5.75 Å². The van der Waals surface area contributed by atoms with Crippen LogP contribution >= 0.6 is 0 Å². The van der Waals surface area contributed by atoms with Crippen molar-refractivity contribution in [2.24, 2.45) is 0 Å². The first kappa shape index (κ1) is 17.2. The summed E-state index contributed by atoms with van der Waals surface area (Å²) in [5.74, 6) is 0.198. The fourth-order valence-electron chi connectivity index (χ4n) is 2.68. The molecule has 1 unspecified atom stereocenters. The first-order valence-corrected chi connectivity index (χ1v) is 9.61. The monoisotopic (exact) mass is 357 g/mol. The molecule has 2 aromatic carbocycles. The van der Waals surface area contributed by atoms with E-state index >= 15 is 0 Å². The number of hydrogen-bond donors (Lipinski definition) is 2. The molecule has 1 saturated heterocycles. The Morgan fingerprint density at radius 3 is 2.64 bits per heavy atom. The Kier molecular flexibility index (Phi) is 5.14. The molecule has 0 bridgehead atoms. The minimum Gasteiger partial charge on any atom is -0.336 e. The zero-order chi connectivity index (χ0) is 17.8. The lowest BCUT2D eigenvalue weighted by molar-refractivity contribution is 0.102. The van der Waals surface area contributed by atoms with E-state index in [0.29, 0.717) is 30.1 Å². The third-order valence-corrected chi connectivity index (χ3v) is 4.59. The molecule has 1 fully saturated rings. The summed E-state index contributed by atoms with van der Waals surface area (Å²) in [5.41, 5.74) is 2.83. The van der Waals surface area contributed by atoms with Crippen LogP contribution in [0.5, 0.6) is 0 Å². The highest BCUT2D eigenvalue weighted by atomic mass is 32.2. The number of nitrogens with one attached hydrogen (secondary N) is 2. The maximum atomic E-state index is 12.4. The minimum atomic E-state index is -0.952. The number of benzene rings is 2. The number of urea groups is 1. The highest BCUT2D eigenvalue weighted by Gasteiger charge is 2.20. The van der Waals surface area contributed by atoms with Crippen LogP contribution in [0, 0.1) is 0 Å². The summed E-state index contributed by atoms with van der Waals surface area (Å²) in [6.07, 6.45) is 1.63. The number of anilines is 2. The zero-order valence-corrected chi connectivity index (χ0v) is 14.6. The number of amides is 3. The molecule has 1 aliphatic rings. The predicted octanol–water partition coefficient (Wildman–Crippen LogP) is 2.35. The average Bonchev–Trinajstić information content (AvgIpc) is 3.01. The van der Waals surface area contributed by atoms with Crippen LogP contribution in [0.25, 0.3) is 0 Å². The fourth-order valence-corrected chi connectivity index (χ4v) is 3.33. The molecule has 7 heteroatoms. The van der Waals surface area contributed by atoms with Gasteiger partial charge >= 0.3 is 6.03 Å². The van der Waals surface area contributed by atoms with Crippen molar-refractivity contribution in [2.75, 3.05) is 29.6 Å². The van der Waals surface area contributed by atoms with Crippen LogP contribution in [0.2, 0.25) is 0 Å². The normalized spacial score (nSPS) is 14.9. The Morgan fingerprint density at radius 1 is 1.24 bits per heavy atom. The van der Waals surface area contributed by atoms with E-state index in [4.69, 9.17) is 0 Å². The summed E-state index contributed by atoms with van der Waals surface area (Å²) in [4.78, 5) is 25.7. The van der Waals surface area contributed by atoms with Crippen LogP contribution < -0.4 is 15.5 Å². The van der Waals surface area contributed by atoms with E-state index in [-0.39, 0.29) is 11.9 Å². The molecule has 25 heavy (non-hydrogen) atoms. The average molecular weight is 357 g/mol.